The first-order valence-corrected chi connectivity index (χ1v) is 6.94. The molecule has 1 atom stereocenters. The second-order valence-electron chi connectivity index (χ2n) is 5.36. The minimum atomic E-state index is 0.409. The van der Waals surface area contributed by atoms with Crippen LogP contribution in [0.4, 0.5) is 11.4 Å². The first-order valence-electron chi connectivity index (χ1n) is 6.94. The highest BCUT2D eigenvalue weighted by Gasteiger charge is 2.19. The Morgan fingerprint density at radius 2 is 2.00 bits per heavy atom. The van der Waals surface area contributed by atoms with Gasteiger partial charge in [0.25, 0.3) is 0 Å². The number of fused-ring (bicyclic) bond motifs is 1. The number of nitrogen functional groups attached to an aromatic ring is 1. The maximum Gasteiger partial charge on any atom is 0.0516 e. The lowest BCUT2D eigenvalue weighted by Gasteiger charge is -2.27. The van der Waals surface area contributed by atoms with Crippen LogP contribution in [0.15, 0.2) is 42.5 Å². The molecule has 1 aliphatic carbocycles. The average molecular weight is 252 g/mol. The Balaban J connectivity index is 1.86. The predicted molar refractivity (Wildman–Crippen MR) is 81.3 cm³/mol. The Kier molecular flexibility index (Phi) is 3.16. The fraction of sp³-hybridized carbons (Fsp3) is 0.294. The monoisotopic (exact) mass is 252 g/mol. The van der Waals surface area contributed by atoms with E-state index in [1.165, 1.54) is 30.4 Å². The summed E-state index contributed by atoms with van der Waals surface area (Å²) < 4.78 is 0. The first kappa shape index (κ1) is 12.1. The number of aryl methyl sites for hydroxylation is 2. The van der Waals surface area contributed by atoms with Gasteiger partial charge in [-0.3, -0.25) is 0 Å². The van der Waals surface area contributed by atoms with E-state index in [4.69, 9.17) is 5.73 Å². The van der Waals surface area contributed by atoms with Gasteiger partial charge < -0.3 is 11.1 Å². The topological polar surface area (TPSA) is 38.0 Å². The van der Waals surface area contributed by atoms with Crippen LogP contribution in [0.1, 0.15) is 35.6 Å². The molecule has 98 valence electrons. The molecule has 0 bridgehead atoms. The highest BCUT2D eigenvalue weighted by atomic mass is 14.9. The zero-order valence-electron chi connectivity index (χ0n) is 11.3. The van der Waals surface area contributed by atoms with Gasteiger partial charge in [-0.2, -0.15) is 0 Å². The van der Waals surface area contributed by atoms with E-state index in [2.05, 4.69) is 41.7 Å². The minimum Gasteiger partial charge on any atom is -0.398 e. The van der Waals surface area contributed by atoms with Crippen molar-refractivity contribution in [2.24, 2.45) is 0 Å². The molecule has 2 aromatic rings. The highest BCUT2D eigenvalue weighted by molar-refractivity contribution is 5.59. The van der Waals surface area contributed by atoms with Crippen LogP contribution in [0.5, 0.6) is 0 Å². The van der Waals surface area contributed by atoms with Crippen molar-refractivity contribution in [2.75, 3.05) is 11.1 Å². The van der Waals surface area contributed by atoms with E-state index in [1.54, 1.807) is 0 Å². The molecular weight excluding hydrogens is 232 g/mol. The summed E-state index contributed by atoms with van der Waals surface area (Å²) in [4.78, 5) is 0. The van der Waals surface area contributed by atoms with E-state index in [9.17, 15) is 0 Å². The molecule has 3 rings (SSSR count). The molecule has 0 saturated carbocycles. The van der Waals surface area contributed by atoms with Crippen molar-refractivity contribution in [1.29, 1.82) is 0 Å². The third-order valence-corrected chi connectivity index (χ3v) is 3.99. The molecule has 0 spiro atoms. The normalized spacial score (nSPS) is 17.8. The molecule has 0 aromatic heterocycles. The number of rotatable bonds is 2. The van der Waals surface area contributed by atoms with Gasteiger partial charge in [0, 0.05) is 11.4 Å². The van der Waals surface area contributed by atoms with Crippen molar-refractivity contribution < 1.29 is 0 Å². The number of hydrogen-bond donors (Lipinski definition) is 2. The van der Waals surface area contributed by atoms with Gasteiger partial charge >= 0.3 is 0 Å². The smallest absolute Gasteiger partial charge is 0.0516 e. The fourth-order valence-electron chi connectivity index (χ4n) is 2.84. The van der Waals surface area contributed by atoms with Crippen LogP contribution in [0, 0.1) is 6.92 Å². The Bertz CT molecular complexity index is 590. The Morgan fingerprint density at radius 1 is 1.16 bits per heavy atom. The van der Waals surface area contributed by atoms with Gasteiger partial charge in [-0.15, -0.1) is 0 Å². The van der Waals surface area contributed by atoms with Crippen molar-refractivity contribution in [3.63, 3.8) is 0 Å². The van der Waals surface area contributed by atoms with Gasteiger partial charge in [-0.05, 0) is 55.0 Å². The molecule has 1 unspecified atom stereocenters. The van der Waals surface area contributed by atoms with E-state index in [-0.39, 0.29) is 0 Å². The summed E-state index contributed by atoms with van der Waals surface area (Å²) in [6.45, 7) is 2.04. The molecule has 1 aliphatic rings. The Hall–Kier alpha value is -1.96. The van der Waals surface area contributed by atoms with E-state index in [0.29, 0.717) is 6.04 Å². The molecular formula is C17H20N2. The van der Waals surface area contributed by atoms with Crippen molar-refractivity contribution >= 4 is 11.4 Å². The molecule has 0 fully saturated rings. The zero-order chi connectivity index (χ0) is 13.2. The lowest BCUT2D eigenvalue weighted by Crippen LogP contribution is -2.17. The van der Waals surface area contributed by atoms with Gasteiger partial charge in [0.05, 0.1) is 6.04 Å². The summed E-state index contributed by atoms with van der Waals surface area (Å²) in [5.41, 5.74) is 12.0. The highest BCUT2D eigenvalue weighted by Crippen LogP contribution is 2.32. The van der Waals surface area contributed by atoms with Gasteiger partial charge in [0.15, 0.2) is 0 Å². The largest absolute Gasteiger partial charge is 0.398 e. The molecule has 0 amide bonds. The van der Waals surface area contributed by atoms with Crippen LogP contribution in [0.25, 0.3) is 0 Å². The van der Waals surface area contributed by atoms with Crippen LogP contribution in [-0.4, -0.2) is 0 Å². The van der Waals surface area contributed by atoms with Gasteiger partial charge in [0.1, 0.15) is 0 Å². The average Bonchev–Trinajstić information content (AvgIpc) is 2.43. The number of nitrogens with one attached hydrogen (secondary N) is 1. The van der Waals surface area contributed by atoms with E-state index in [0.717, 1.165) is 16.9 Å². The van der Waals surface area contributed by atoms with Gasteiger partial charge in [-0.25, -0.2) is 0 Å². The molecule has 19 heavy (non-hydrogen) atoms. The third-order valence-electron chi connectivity index (χ3n) is 3.99. The number of hydrogen-bond acceptors (Lipinski definition) is 2. The second kappa shape index (κ2) is 4.96. The van der Waals surface area contributed by atoms with Crippen molar-refractivity contribution in [2.45, 2.75) is 32.2 Å². The summed E-state index contributed by atoms with van der Waals surface area (Å²) in [5.74, 6) is 0. The quantitative estimate of drug-likeness (QED) is 0.791. The Labute approximate surface area is 114 Å². The van der Waals surface area contributed by atoms with E-state index >= 15 is 0 Å². The summed E-state index contributed by atoms with van der Waals surface area (Å²) in [6.07, 6.45) is 3.63. The summed E-state index contributed by atoms with van der Waals surface area (Å²) in [6, 6.07) is 15.4. The first-order chi connectivity index (χ1) is 9.24. The van der Waals surface area contributed by atoms with Crippen molar-refractivity contribution in [3.05, 3.63) is 59.2 Å². The molecule has 0 radical (unpaired) electrons. The van der Waals surface area contributed by atoms with E-state index < -0.39 is 0 Å². The second-order valence-corrected chi connectivity index (χ2v) is 5.36. The molecule has 0 heterocycles. The standard InChI is InChI=1S/C17H20N2/c1-12-9-10-14(11-16(12)18)19-17-8-4-6-13-5-2-3-7-15(13)17/h2-3,5,7,9-11,17,19H,4,6,8,18H2,1H3. The maximum atomic E-state index is 5.98. The fourth-order valence-corrected chi connectivity index (χ4v) is 2.84. The lowest BCUT2D eigenvalue weighted by molar-refractivity contribution is 0.600. The van der Waals surface area contributed by atoms with Crippen LogP contribution in [0.3, 0.4) is 0 Å². The SMILES string of the molecule is Cc1ccc(NC2CCCc3ccccc32)cc1N. The predicted octanol–water partition coefficient (Wildman–Crippen LogP) is 4.07. The maximum absolute atomic E-state index is 5.98. The van der Waals surface area contributed by atoms with Gasteiger partial charge in [0.2, 0.25) is 0 Å². The van der Waals surface area contributed by atoms with Crippen LogP contribution < -0.4 is 11.1 Å². The van der Waals surface area contributed by atoms with Crippen LogP contribution >= 0.6 is 0 Å². The molecule has 3 N–H and O–H groups in total. The third kappa shape index (κ3) is 2.43. The number of anilines is 2. The summed E-state index contributed by atoms with van der Waals surface area (Å²) >= 11 is 0. The number of nitrogens with two attached hydrogens (primary N) is 1. The molecule has 0 saturated heterocycles. The van der Waals surface area contributed by atoms with Gasteiger partial charge in [-0.1, -0.05) is 30.3 Å². The van der Waals surface area contributed by atoms with Crippen molar-refractivity contribution in [1.82, 2.24) is 0 Å². The molecule has 2 aromatic carbocycles. The number of benzene rings is 2. The zero-order valence-corrected chi connectivity index (χ0v) is 11.3. The summed E-state index contributed by atoms with van der Waals surface area (Å²) in [7, 11) is 0. The Morgan fingerprint density at radius 3 is 2.84 bits per heavy atom. The minimum absolute atomic E-state index is 0.409. The molecule has 0 aliphatic heterocycles. The van der Waals surface area contributed by atoms with Crippen LogP contribution in [-0.2, 0) is 6.42 Å². The van der Waals surface area contributed by atoms with Crippen LogP contribution in [0.2, 0.25) is 0 Å². The van der Waals surface area contributed by atoms with Crippen molar-refractivity contribution in [3.8, 4) is 0 Å². The van der Waals surface area contributed by atoms with E-state index in [1.807, 2.05) is 13.0 Å². The molecule has 2 nitrogen and oxygen atoms in total. The molecule has 2 heteroatoms. The lowest BCUT2D eigenvalue weighted by atomic mass is 9.87. The summed E-state index contributed by atoms with van der Waals surface area (Å²) in [5, 5.41) is 3.63.